The van der Waals surface area contributed by atoms with Crippen LogP contribution in [0.15, 0.2) is 48.0 Å². The summed E-state index contributed by atoms with van der Waals surface area (Å²) in [5.41, 5.74) is 1.04. The molecular weight excluding hydrogens is 436 g/mol. The van der Waals surface area contributed by atoms with Gasteiger partial charge in [0.25, 0.3) is 11.8 Å². The predicted molar refractivity (Wildman–Crippen MR) is 126 cm³/mol. The van der Waals surface area contributed by atoms with Crippen LogP contribution >= 0.6 is 23.8 Å². The number of hydrogen-bond acceptors (Lipinski definition) is 5. The van der Waals surface area contributed by atoms with Crippen molar-refractivity contribution in [1.82, 2.24) is 5.32 Å². The fraction of sp³-hybridized carbons (Fsp3) is 0.261. The summed E-state index contributed by atoms with van der Waals surface area (Å²) in [6, 6.07) is 12.1. The number of nitrogens with one attached hydrogen (secondary N) is 1. The molecule has 1 atom stereocenters. The molecule has 2 aromatic carbocycles. The van der Waals surface area contributed by atoms with Crippen molar-refractivity contribution in [2.24, 2.45) is 0 Å². The smallest absolute Gasteiger partial charge is 0.270 e. The molecule has 0 unspecified atom stereocenters. The molecule has 162 valence electrons. The highest BCUT2D eigenvalue weighted by Crippen LogP contribution is 2.29. The Labute approximate surface area is 191 Å². The van der Waals surface area contributed by atoms with E-state index in [1.807, 2.05) is 20.8 Å². The molecular formula is C23H23ClN2O4S. The maximum Gasteiger partial charge on any atom is 0.270 e. The van der Waals surface area contributed by atoms with Crippen molar-refractivity contribution >= 4 is 52.5 Å². The van der Waals surface area contributed by atoms with Crippen LogP contribution in [-0.2, 0) is 9.59 Å². The van der Waals surface area contributed by atoms with Gasteiger partial charge < -0.3 is 9.47 Å². The zero-order valence-electron chi connectivity index (χ0n) is 17.5. The molecule has 0 bridgehead atoms. The number of nitrogens with zero attached hydrogens (tertiary/aromatic N) is 1. The van der Waals surface area contributed by atoms with Crippen molar-refractivity contribution in [2.75, 3.05) is 11.5 Å². The third-order valence-electron chi connectivity index (χ3n) is 4.66. The van der Waals surface area contributed by atoms with E-state index in [2.05, 4.69) is 5.32 Å². The van der Waals surface area contributed by atoms with E-state index < -0.39 is 11.8 Å². The molecule has 8 heteroatoms. The minimum atomic E-state index is -0.566. The Bertz CT molecular complexity index is 1050. The number of ether oxygens (including phenoxy) is 2. The lowest BCUT2D eigenvalue weighted by Gasteiger charge is -2.29. The van der Waals surface area contributed by atoms with Gasteiger partial charge in [0, 0.05) is 6.07 Å². The monoisotopic (exact) mass is 458 g/mol. The predicted octanol–water partition coefficient (Wildman–Crippen LogP) is 4.75. The second-order valence-corrected chi connectivity index (χ2v) is 7.71. The molecule has 1 heterocycles. The summed E-state index contributed by atoms with van der Waals surface area (Å²) in [5.74, 6) is 0.0524. The lowest BCUT2D eigenvalue weighted by Crippen LogP contribution is -2.54. The van der Waals surface area contributed by atoms with Gasteiger partial charge in [-0.15, -0.1) is 0 Å². The number of halogens is 1. The molecule has 3 rings (SSSR count). The zero-order valence-corrected chi connectivity index (χ0v) is 19.0. The quantitative estimate of drug-likeness (QED) is 0.368. The van der Waals surface area contributed by atoms with Crippen molar-refractivity contribution in [1.29, 1.82) is 0 Å². The van der Waals surface area contributed by atoms with E-state index in [4.69, 9.17) is 33.3 Å². The standard InChI is InChI=1S/C23H23ClN2O4S/c1-4-14(3)30-20-10-9-15(12-19(20)24)11-18-21(27)25-23(31)26(22(18)28)16-7-6-8-17(13-16)29-5-2/h6-14H,4-5H2,1-3H3,(H,25,27,31)/b18-11+/t14-/m1/s1. The van der Waals surface area contributed by atoms with Crippen LogP contribution < -0.4 is 19.7 Å². The van der Waals surface area contributed by atoms with Crippen LogP contribution in [-0.4, -0.2) is 29.6 Å². The molecule has 0 aromatic heterocycles. The van der Waals surface area contributed by atoms with E-state index in [-0.39, 0.29) is 16.8 Å². The van der Waals surface area contributed by atoms with Gasteiger partial charge in [0.2, 0.25) is 0 Å². The van der Waals surface area contributed by atoms with Crippen LogP contribution in [0.5, 0.6) is 11.5 Å². The highest BCUT2D eigenvalue weighted by molar-refractivity contribution is 7.80. The molecule has 1 fully saturated rings. The maximum atomic E-state index is 13.2. The zero-order chi connectivity index (χ0) is 22.5. The molecule has 0 saturated carbocycles. The molecule has 0 spiro atoms. The number of amides is 2. The van der Waals surface area contributed by atoms with Crippen LogP contribution in [0.2, 0.25) is 5.02 Å². The minimum Gasteiger partial charge on any atom is -0.494 e. The fourth-order valence-electron chi connectivity index (χ4n) is 2.94. The Morgan fingerprint density at radius 2 is 1.97 bits per heavy atom. The lowest BCUT2D eigenvalue weighted by molar-refractivity contribution is -0.122. The number of thiocarbonyl (C=S) groups is 1. The molecule has 1 saturated heterocycles. The van der Waals surface area contributed by atoms with Crippen LogP contribution in [0.1, 0.15) is 32.8 Å². The topological polar surface area (TPSA) is 67.9 Å². The average molecular weight is 459 g/mol. The first-order valence-electron chi connectivity index (χ1n) is 9.94. The van der Waals surface area contributed by atoms with E-state index in [1.165, 1.54) is 11.0 Å². The summed E-state index contributed by atoms with van der Waals surface area (Å²) in [6.07, 6.45) is 2.35. The van der Waals surface area contributed by atoms with Crippen molar-refractivity contribution in [2.45, 2.75) is 33.3 Å². The molecule has 1 aliphatic rings. The molecule has 1 N–H and O–H groups in total. The Balaban J connectivity index is 1.92. The first-order chi connectivity index (χ1) is 14.8. The van der Waals surface area contributed by atoms with E-state index in [1.54, 1.807) is 42.5 Å². The fourth-order valence-corrected chi connectivity index (χ4v) is 3.45. The first kappa shape index (κ1) is 22.8. The molecule has 2 amide bonds. The molecule has 6 nitrogen and oxygen atoms in total. The molecule has 2 aromatic rings. The summed E-state index contributed by atoms with van der Waals surface area (Å²) in [5, 5.41) is 2.98. The number of carbonyl (C=O) groups is 2. The van der Waals surface area contributed by atoms with Crippen molar-refractivity contribution in [3.8, 4) is 11.5 Å². The van der Waals surface area contributed by atoms with E-state index in [9.17, 15) is 9.59 Å². The summed E-state index contributed by atoms with van der Waals surface area (Å²) in [4.78, 5) is 26.9. The third kappa shape index (κ3) is 5.24. The van der Waals surface area contributed by atoms with Gasteiger partial charge in [-0.3, -0.25) is 19.8 Å². The SMILES string of the molecule is CCOc1cccc(N2C(=O)/C(=C/c3ccc(O[C@H](C)CC)c(Cl)c3)C(=O)NC2=S)c1. The molecule has 31 heavy (non-hydrogen) atoms. The van der Waals surface area contributed by atoms with Gasteiger partial charge in [-0.1, -0.05) is 30.7 Å². The highest BCUT2D eigenvalue weighted by atomic mass is 35.5. The van der Waals surface area contributed by atoms with Crippen molar-refractivity contribution in [3.63, 3.8) is 0 Å². The normalized spacial score (nSPS) is 16.3. The summed E-state index contributed by atoms with van der Waals surface area (Å²) < 4.78 is 11.3. The second kappa shape index (κ2) is 9.94. The Kier molecular flexibility index (Phi) is 7.30. The van der Waals surface area contributed by atoms with Gasteiger partial charge in [0.15, 0.2) is 5.11 Å². The number of hydrogen-bond donors (Lipinski definition) is 1. The van der Waals surface area contributed by atoms with Gasteiger partial charge in [-0.25, -0.2) is 0 Å². The first-order valence-corrected chi connectivity index (χ1v) is 10.7. The number of rotatable bonds is 7. The van der Waals surface area contributed by atoms with E-state index in [0.29, 0.717) is 34.4 Å². The van der Waals surface area contributed by atoms with Gasteiger partial charge in [0.05, 0.1) is 23.4 Å². The lowest BCUT2D eigenvalue weighted by atomic mass is 10.1. The van der Waals surface area contributed by atoms with Gasteiger partial charge in [-0.05, 0) is 68.4 Å². The van der Waals surface area contributed by atoms with Gasteiger partial charge in [-0.2, -0.15) is 0 Å². The minimum absolute atomic E-state index is 0.0103. The van der Waals surface area contributed by atoms with Gasteiger partial charge >= 0.3 is 0 Å². The van der Waals surface area contributed by atoms with Crippen LogP contribution in [0.25, 0.3) is 6.08 Å². The second-order valence-electron chi connectivity index (χ2n) is 6.91. The van der Waals surface area contributed by atoms with Crippen molar-refractivity contribution < 1.29 is 19.1 Å². The highest BCUT2D eigenvalue weighted by Gasteiger charge is 2.34. The number of carbonyl (C=O) groups excluding carboxylic acids is 2. The Morgan fingerprint density at radius 1 is 1.19 bits per heavy atom. The largest absolute Gasteiger partial charge is 0.494 e. The average Bonchev–Trinajstić information content (AvgIpc) is 2.73. The number of anilines is 1. The summed E-state index contributed by atoms with van der Waals surface area (Å²) in [7, 11) is 0. The van der Waals surface area contributed by atoms with E-state index in [0.717, 1.165) is 6.42 Å². The number of benzene rings is 2. The molecule has 0 aliphatic carbocycles. The van der Waals surface area contributed by atoms with Crippen LogP contribution in [0.4, 0.5) is 5.69 Å². The molecule has 0 radical (unpaired) electrons. The Hall–Kier alpha value is -2.90. The van der Waals surface area contributed by atoms with Gasteiger partial charge in [0.1, 0.15) is 17.1 Å². The third-order valence-corrected chi connectivity index (χ3v) is 5.24. The van der Waals surface area contributed by atoms with E-state index >= 15 is 0 Å². The summed E-state index contributed by atoms with van der Waals surface area (Å²) in [6.45, 7) is 6.33. The van der Waals surface area contributed by atoms with Crippen LogP contribution in [0.3, 0.4) is 0 Å². The van der Waals surface area contributed by atoms with Crippen LogP contribution in [0, 0.1) is 0 Å². The van der Waals surface area contributed by atoms with Crippen molar-refractivity contribution in [3.05, 3.63) is 58.6 Å². The molecule has 1 aliphatic heterocycles. The Morgan fingerprint density at radius 3 is 2.65 bits per heavy atom. The summed E-state index contributed by atoms with van der Waals surface area (Å²) >= 11 is 11.6. The maximum absolute atomic E-state index is 13.2.